The number of anilines is 4. The first-order valence-electron chi connectivity index (χ1n) is 13.6. The van der Waals surface area contributed by atoms with Crippen LogP contribution >= 0.6 is 0 Å². The molecule has 1 heterocycles. The molecule has 2 N–H and O–H groups in total. The van der Waals surface area contributed by atoms with Gasteiger partial charge in [0.25, 0.3) is 5.91 Å². The number of amidine groups is 2. The number of methoxy groups -OCH3 is 1. The smallest absolute Gasteiger partial charge is 0.258 e. The van der Waals surface area contributed by atoms with Crippen molar-refractivity contribution in [1.29, 1.82) is 0 Å². The lowest BCUT2D eigenvalue weighted by Crippen LogP contribution is -2.20. The van der Waals surface area contributed by atoms with Crippen molar-refractivity contribution in [2.24, 2.45) is 9.98 Å². The number of aliphatic imine (C=N–C) groups is 2. The Bertz CT molecular complexity index is 1640. The topological polar surface area (TPSA) is 81.6 Å². The molecule has 212 valence electrons. The highest BCUT2D eigenvalue weighted by atomic mass is 16.5. The zero-order valence-corrected chi connectivity index (χ0v) is 24.4. The van der Waals surface area contributed by atoms with Gasteiger partial charge in [-0.1, -0.05) is 42.5 Å². The number of hydrogen-bond acceptors (Lipinski definition) is 7. The number of nitrogens with zero attached hydrogens (tertiary/aromatic N) is 4. The van der Waals surface area contributed by atoms with E-state index in [0.29, 0.717) is 39.9 Å². The average Bonchev–Trinajstić information content (AvgIpc) is 3.41. The van der Waals surface area contributed by atoms with Crippen molar-refractivity contribution >= 4 is 45.9 Å². The second-order valence-corrected chi connectivity index (χ2v) is 10.2. The SMILES string of the molecule is COc1ccc(/C(C(=O)Nc2ccc(N(C)C)cc2)=C2/N=C(c3ccccc3)N=C2Nc2ccc(N(C)C)cc2)cc1. The molecular weight excluding hydrogens is 524 g/mol. The average molecular weight is 559 g/mol. The van der Waals surface area contributed by atoms with Crippen LogP contribution in [0.5, 0.6) is 5.75 Å². The summed E-state index contributed by atoms with van der Waals surface area (Å²) >= 11 is 0. The van der Waals surface area contributed by atoms with E-state index in [4.69, 9.17) is 14.7 Å². The largest absolute Gasteiger partial charge is 0.497 e. The van der Waals surface area contributed by atoms with Crippen LogP contribution in [0.1, 0.15) is 11.1 Å². The van der Waals surface area contributed by atoms with E-state index >= 15 is 0 Å². The van der Waals surface area contributed by atoms with E-state index < -0.39 is 0 Å². The minimum Gasteiger partial charge on any atom is -0.497 e. The molecule has 4 aromatic rings. The van der Waals surface area contributed by atoms with Crippen molar-refractivity contribution in [1.82, 2.24) is 0 Å². The van der Waals surface area contributed by atoms with Gasteiger partial charge < -0.3 is 25.2 Å². The molecule has 0 aromatic heterocycles. The molecule has 0 unspecified atom stereocenters. The molecule has 0 saturated heterocycles. The maximum atomic E-state index is 14.1. The summed E-state index contributed by atoms with van der Waals surface area (Å²) in [4.78, 5) is 27.9. The number of amides is 1. The molecule has 0 bridgehead atoms. The summed E-state index contributed by atoms with van der Waals surface area (Å²) in [6.07, 6.45) is 0. The van der Waals surface area contributed by atoms with E-state index in [9.17, 15) is 4.79 Å². The molecular formula is C34H34N6O2. The van der Waals surface area contributed by atoms with Crippen LogP contribution in [0.25, 0.3) is 5.57 Å². The predicted octanol–water partition coefficient (Wildman–Crippen LogP) is 6.15. The number of carbonyl (C=O) groups is 1. The lowest BCUT2D eigenvalue weighted by atomic mass is 10.0. The summed E-state index contributed by atoms with van der Waals surface area (Å²) in [6.45, 7) is 0. The highest BCUT2D eigenvalue weighted by Crippen LogP contribution is 2.30. The second kappa shape index (κ2) is 12.4. The number of hydrogen-bond donors (Lipinski definition) is 2. The number of benzene rings is 4. The molecule has 42 heavy (non-hydrogen) atoms. The quantitative estimate of drug-likeness (QED) is 0.254. The molecule has 4 aromatic carbocycles. The lowest BCUT2D eigenvalue weighted by molar-refractivity contribution is -0.111. The summed E-state index contributed by atoms with van der Waals surface area (Å²) in [5.74, 6) is 1.39. The molecule has 0 atom stereocenters. The lowest BCUT2D eigenvalue weighted by Gasteiger charge is -2.16. The Balaban J connectivity index is 1.61. The number of carbonyl (C=O) groups excluding carboxylic acids is 1. The molecule has 0 radical (unpaired) electrons. The zero-order chi connectivity index (χ0) is 29.6. The molecule has 1 aliphatic heterocycles. The van der Waals surface area contributed by atoms with Gasteiger partial charge in [-0.2, -0.15) is 0 Å². The van der Waals surface area contributed by atoms with Crippen molar-refractivity contribution < 1.29 is 9.53 Å². The van der Waals surface area contributed by atoms with Gasteiger partial charge in [0.05, 0.1) is 12.7 Å². The number of nitrogens with one attached hydrogen (secondary N) is 2. The molecule has 1 amide bonds. The van der Waals surface area contributed by atoms with Gasteiger partial charge in [-0.15, -0.1) is 0 Å². The van der Waals surface area contributed by atoms with Crippen molar-refractivity contribution in [2.75, 3.05) is 55.7 Å². The highest BCUT2D eigenvalue weighted by Gasteiger charge is 2.27. The Morgan fingerprint density at radius 1 is 0.690 bits per heavy atom. The predicted molar refractivity (Wildman–Crippen MR) is 174 cm³/mol. The van der Waals surface area contributed by atoms with Gasteiger partial charge in [-0.05, 0) is 66.2 Å². The van der Waals surface area contributed by atoms with Crippen LogP contribution in [0, 0.1) is 0 Å². The van der Waals surface area contributed by atoms with Crippen LogP contribution in [0.15, 0.2) is 119 Å². The zero-order valence-electron chi connectivity index (χ0n) is 24.4. The maximum Gasteiger partial charge on any atom is 0.258 e. The fraction of sp³-hybridized carbons (Fsp3) is 0.147. The fourth-order valence-corrected chi connectivity index (χ4v) is 4.47. The molecule has 0 saturated carbocycles. The van der Waals surface area contributed by atoms with Crippen molar-refractivity contribution in [3.63, 3.8) is 0 Å². The molecule has 8 heteroatoms. The van der Waals surface area contributed by atoms with E-state index in [1.165, 1.54) is 0 Å². The van der Waals surface area contributed by atoms with E-state index in [2.05, 4.69) is 10.6 Å². The third-order valence-corrected chi connectivity index (χ3v) is 6.82. The van der Waals surface area contributed by atoms with Gasteiger partial charge in [0.15, 0.2) is 11.7 Å². The van der Waals surface area contributed by atoms with Gasteiger partial charge >= 0.3 is 0 Å². The first-order chi connectivity index (χ1) is 20.3. The van der Waals surface area contributed by atoms with Crippen LogP contribution in [0.4, 0.5) is 22.7 Å². The van der Waals surface area contributed by atoms with Gasteiger partial charge in [0.2, 0.25) is 0 Å². The Kier molecular flexibility index (Phi) is 8.34. The fourth-order valence-electron chi connectivity index (χ4n) is 4.47. The van der Waals surface area contributed by atoms with Crippen molar-refractivity contribution in [3.05, 3.63) is 120 Å². The summed E-state index contributed by atoms with van der Waals surface area (Å²) in [6, 6.07) is 32.8. The Labute approximate surface area is 246 Å². The summed E-state index contributed by atoms with van der Waals surface area (Å²) in [7, 11) is 9.56. The van der Waals surface area contributed by atoms with Crippen molar-refractivity contribution in [2.45, 2.75) is 0 Å². The standard InChI is InChI=1S/C34H34N6O2/c1-39(2)27-17-13-25(14-18-27)35-33-31(37-32(38-33)24-9-7-6-8-10-24)30(23-11-21-29(42-5)22-12-23)34(41)36-26-15-19-28(20-16-26)40(3)4/h6-22H,1-5H3,(H,36,41)(H,35,37,38)/b31-30-. The summed E-state index contributed by atoms with van der Waals surface area (Å²) in [5.41, 5.74) is 5.98. The van der Waals surface area contributed by atoms with Crippen LogP contribution in [-0.4, -0.2) is 52.9 Å². The van der Waals surface area contributed by atoms with Gasteiger partial charge in [-0.25, -0.2) is 9.98 Å². The van der Waals surface area contributed by atoms with Crippen LogP contribution in [0.2, 0.25) is 0 Å². The maximum absolute atomic E-state index is 14.1. The normalized spacial score (nSPS) is 13.5. The summed E-state index contributed by atoms with van der Waals surface area (Å²) in [5, 5.41) is 6.48. The molecule has 0 fully saturated rings. The Morgan fingerprint density at radius 3 is 1.81 bits per heavy atom. The molecule has 8 nitrogen and oxygen atoms in total. The van der Waals surface area contributed by atoms with E-state index in [0.717, 1.165) is 22.6 Å². The first-order valence-corrected chi connectivity index (χ1v) is 13.6. The molecule has 1 aliphatic rings. The minimum atomic E-state index is -0.303. The highest BCUT2D eigenvalue weighted by molar-refractivity contribution is 6.35. The second-order valence-electron chi connectivity index (χ2n) is 10.2. The number of ether oxygens (including phenoxy) is 1. The van der Waals surface area contributed by atoms with E-state index in [1.54, 1.807) is 7.11 Å². The number of rotatable bonds is 8. The summed E-state index contributed by atoms with van der Waals surface area (Å²) < 4.78 is 5.37. The van der Waals surface area contributed by atoms with Gasteiger partial charge in [0.1, 0.15) is 11.4 Å². The van der Waals surface area contributed by atoms with Gasteiger partial charge in [-0.3, -0.25) is 4.79 Å². The third-order valence-electron chi connectivity index (χ3n) is 6.82. The monoisotopic (exact) mass is 558 g/mol. The van der Waals surface area contributed by atoms with E-state index in [1.807, 2.05) is 141 Å². The first kappa shape index (κ1) is 28.2. The Hall–Kier alpha value is -5.37. The molecule has 0 spiro atoms. The molecule has 0 aliphatic carbocycles. The van der Waals surface area contributed by atoms with E-state index in [-0.39, 0.29) is 5.91 Å². The van der Waals surface area contributed by atoms with Gasteiger partial charge in [0, 0.05) is 56.5 Å². The van der Waals surface area contributed by atoms with Crippen LogP contribution < -0.4 is 25.2 Å². The van der Waals surface area contributed by atoms with Crippen LogP contribution in [-0.2, 0) is 4.79 Å². The minimum absolute atomic E-state index is 0.303. The van der Waals surface area contributed by atoms with Crippen LogP contribution in [0.3, 0.4) is 0 Å². The third kappa shape index (κ3) is 6.33. The molecule has 5 rings (SSSR count). The van der Waals surface area contributed by atoms with Crippen molar-refractivity contribution in [3.8, 4) is 5.75 Å². The Morgan fingerprint density at radius 2 is 1.26 bits per heavy atom.